The highest BCUT2D eigenvalue weighted by Crippen LogP contribution is 2.42. The van der Waals surface area contributed by atoms with E-state index in [0.717, 1.165) is 11.8 Å². The van der Waals surface area contributed by atoms with Crippen molar-refractivity contribution in [3.05, 3.63) is 0 Å². The van der Waals surface area contributed by atoms with Gasteiger partial charge in [0.25, 0.3) is 0 Å². The van der Waals surface area contributed by atoms with Crippen LogP contribution in [-0.2, 0) is 0 Å². The van der Waals surface area contributed by atoms with Crippen LogP contribution in [0, 0.1) is 28.6 Å². The van der Waals surface area contributed by atoms with Gasteiger partial charge in [0.15, 0.2) is 0 Å². The van der Waals surface area contributed by atoms with Gasteiger partial charge in [0.2, 0.25) is 0 Å². The van der Waals surface area contributed by atoms with Crippen LogP contribution >= 0.6 is 0 Å². The van der Waals surface area contributed by atoms with E-state index in [2.05, 4.69) is 13.0 Å². The Balaban J connectivity index is 1.69. The Kier molecular flexibility index (Phi) is 6.40. The minimum Gasteiger partial charge on any atom is -0.198 e. The zero-order valence-electron chi connectivity index (χ0n) is 13.5. The molecule has 20 heavy (non-hydrogen) atoms. The molecule has 0 aromatic heterocycles. The van der Waals surface area contributed by atoms with Crippen LogP contribution in [0.4, 0.5) is 0 Å². The summed E-state index contributed by atoms with van der Waals surface area (Å²) in [4.78, 5) is 0. The third-order valence-corrected chi connectivity index (χ3v) is 6.01. The highest BCUT2D eigenvalue weighted by atomic mass is 14.4. The molecule has 2 aliphatic carbocycles. The van der Waals surface area contributed by atoms with E-state index < -0.39 is 0 Å². The SMILES string of the molecule is CCCCC1CCC(CCC2(C#N)CCCCC2)CC1. The van der Waals surface area contributed by atoms with Crippen molar-refractivity contribution in [1.82, 2.24) is 0 Å². The van der Waals surface area contributed by atoms with Gasteiger partial charge in [0, 0.05) is 0 Å². The van der Waals surface area contributed by atoms with Gasteiger partial charge in [-0.2, -0.15) is 5.26 Å². The Labute approximate surface area is 126 Å². The zero-order valence-corrected chi connectivity index (χ0v) is 13.5. The summed E-state index contributed by atoms with van der Waals surface area (Å²) >= 11 is 0. The third kappa shape index (κ3) is 4.51. The molecule has 0 bridgehead atoms. The van der Waals surface area contributed by atoms with Crippen LogP contribution in [0.15, 0.2) is 0 Å². The largest absolute Gasteiger partial charge is 0.198 e. The van der Waals surface area contributed by atoms with E-state index in [9.17, 15) is 5.26 Å². The van der Waals surface area contributed by atoms with Gasteiger partial charge < -0.3 is 0 Å². The number of rotatable bonds is 6. The fourth-order valence-electron chi connectivity index (χ4n) is 4.43. The second kappa shape index (κ2) is 8.06. The molecule has 0 atom stereocenters. The Hall–Kier alpha value is -0.510. The summed E-state index contributed by atoms with van der Waals surface area (Å²) in [6.07, 6.45) is 18.8. The molecule has 0 amide bonds. The molecule has 1 nitrogen and oxygen atoms in total. The predicted molar refractivity (Wildman–Crippen MR) is 85.3 cm³/mol. The van der Waals surface area contributed by atoms with Crippen molar-refractivity contribution in [1.29, 1.82) is 5.26 Å². The summed E-state index contributed by atoms with van der Waals surface area (Å²) in [5.41, 5.74) is 0.0668. The summed E-state index contributed by atoms with van der Waals surface area (Å²) in [5, 5.41) is 9.56. The van der Waals surface area contributed by atoms with Crippen molar-refractivity contribution in [3.63, 3.8) is 0 Å². The van der Waals surface area contributed by atoms with Crippen LogP contribution in [-0.4, -0.2) is 0 Å². The predicted octanol–water partition coefficient (Wildman–Crippen LogP) is 6.24. The van der Waals surface area contributed by atoms with Crippen molar-refractivity contribution >= 4 is 0 Å². The second-order valence-electron chi connectivity index (χ2n) is 7.52. The third-order valence-electron chi connectivity index (χ3n) is 6.01. The topological polar surface area (TPSA) is 23.8 Å². The van der Waals surface area contributed by atoms with E-state index in [-0.39, 0.29) is 5.41 Å². The maximum atomic E-state index is 9.56. The van der Waals surface area contributed by atoms with Crippen LogP contribution < -0.4 is 0 Å². The Morgan fingerprint density at radius 2 is 1.55 bits per heavy atom. The van der Waals surface area contributed by atoms with Crippen molar-refractivity contribution in [2.24, 2.45) is 17.3 Å². The maximum absolute atomic E-state index is 9.56. The molecule has 0 heterocycles. The minimum atomic E-state index is 0.0668. The molecule has 0 radical (unpaired) electrons. The Morgan fingerprint density at radius 3 is 2.10 bits per heavy atom. The lowest BCUT2D eigenvalue weighted by Crippen LogP contribution is -2.24. The summed E-state index contributed by atoms with van der Waals surface area (Å²) in [7, 11) is 0. The van der Waals surface area contributed by atoms with Crippen LogP contribution in [0.2, 0.25) is 0 Å². The van der Waals surface area contributed by atoms with Gasteiger partial charge in [-0.1, -0.05) is 71.1 Å². The molecule has 2 saturated carbocycles. The van der Waals surface area contributed by atoms with E-state index in [0.29, 0.717) is 0 Å². The maximum Gasteiger partial charge on any atom is 0.0689 e. The van der Waals surface area contributed by atoms with E-state index in [1.165, 1.54) is 89.9 Å². The smallest absolute Gasteiger partial charge is 0.0689 e. The average molecular weight is 275 g/mol. The lowest BCUT2D eigenvalue weighted by Gasteiger charge is -2.34. The molecule has 0 spiro atoms. The van der Waals surface area contributed by atoms with Gasteiger partial charge in [-0.05, 0) is 37.5 Å². The van der Waals surface area contributed by atoms with E-state index in [1.807, 2.05) is 0 Å². The first kappa shape index (κ1) is 15.9. The van der Waals surface area contributed by atoms with Gasteiger partial charge in [0.1, 0.15) is 0 Å². The molecule has 2 fully saturated rings. The number of unbranched alkanes of at least 4 members (excludes halogenated alkanes) is 1. The number of nitrogens with zero attached hydrogens (tertiary/aromatic N) is 1. The molecule has 0 unspecified atom stereocenters. The molecular formula is C19H33N. The molecule has 1 heteroatoms. The lowest BCUT2D eigenvalue weighted by atomic mass is 9.69. The Morgan fingerprint density at radius 1 is 0.950 bits per heavy atom. The van der Waals surface area contributed by atoms with Gasteiger partial charge in [0.05, 0.1) is 11.5 Å². The van der Waals surface area contributed by atoms with E-state index >= 15 is 0 Å². The number of hydrogen-bond acceptors (Lipinski definition) is 1. The summed E-state index contributed by atoms with van der Waals surface area (Å²) < 4.78 is 0. The van der Waals surface area contributed by atoms with Crippen molar-refractivity contribution in [3.8, 4) is 6.07 Å². The standard InChI is InChI=1S/C19H33N/c1-2-3-7-17-8-10-18(11-9-17)12-15-19(16-20)13-5-4-6-14-19/h17-18H,2-15H2,1H3. The monoisotopic (exact) mass is 275 g/mol. The molecule has 0 aromatic carbocycles. The minimum absolute atomic E-state index is 0.0668. The van der Waals surface area contributed by atoms with Gasteiger partial charge >= 0.3 is 0 Å². The lowest BCUT2D eigenvalue weighted by molar-refractivity contribution is 0.194. The van der Waals surface area contributed by atoms with Crippen LogP contribution in [0.3, 0.4) is 0 Å². The molecule has 0 aliphatic heterocycles. The number of nitriles is 1. The highest BCUT2D eigenvalue weighted by molar-refractivity contribution is 5.00. The fraction of sp³-hybridized carbons (Fsp3) is 0.947. The van der Waals surface area contributed by atoms with Gasteiger partial charge in [-0.15, -0.1) is 0 Å². The van der Waals surface area contributed by atoms with Crippen LogP contribution in [0.1, 0.15) is 96.8 Å². The van der Waals surface area contributed by atoms with Crippen LogP contribution in [0.25, 0.3) is 0 Å². The summed E-state index contributed by atoms with van der Waals surface area (Å²) in [6.45, 7) is 2.30. The van der Waals surface area contributed by atoms with Crippen molar-refractivity contribution in [2.75, 3.05) is 0 Å². The van der Waals surface area contributed by atoms with Gasteiger partial charge in [-0.3, -0.25) is 0 Å². The highest BCUT2D eigenvalue weighted by Gasteiger charge is 2.33. The summed E-state index contributed by atoms with van der Waals surface area (Å²) in [6, 6.07) is 2.69. The molecule has 0 saturated heterocycles. The van der Waals surface area contributed by atoms with E-state index in [4.69, 9.17) is 0 Å². The van der Waals surface area contributed by atoms with Gasteiger partial charge in [-0.25, -0.2) is 0 Å². The average Bonchev–Trinajstić information content (AvgIpc) is 2.53. The molecule has 114 valence electrons. The molecule has 2 aliphatic rings. The molecule has 2 rings (SSSR count). The van der Waals surface area contributed by atoms with Crippen molar-refractivity contribution in [2.45, 2.75) is 96.8 Å². The van der Waals surface area contributed by atoms with E-state index in [1.54, 1.807) is 0 Å². The number of hydrogen-bond donors (Lipinski definition) is 0. The normalized spacial score (nSPS) is 29.8. The van der Waals surface area contributed by atoms with Crippen LogP contribution in [0.5, 0.6) is 0 Å². The first-order chi connectivity index (χ1) is 9.78. The second-order valence-corrected chi connectivity index (χ2v) is 7.52. The first-order valence-corrected chi connectivity index (χ1v) is 9.19. The van der Waals surface area contributed by atoms with Crippen molar-refractivity contribution < 1.29 is 0 Å². The fourth-order valence-corrected chi connectivity index (χ4v) is 4.43. The quantitative estimate of drug-likeness (QED) is 0.563. The molecule has 0 N–H and O–H groups in total. The molecular weight excluding hydrogens is 242 g/mol. The molecule has 0 aromatic rings. The first-order valence-electron chi connectivity index (χ1n) is 9.19. The summed E-state index contributed by atoms with van der Waals surface area (Å²) in [5.74, 6) is 1.95. The zero-order chi connectivity index (χ0) is 14.3. The Bertz CT molecular complexity index is 300.